The van der Waals surface area contributed by atoms with Gasteiger partial charge in [0.25, 0.3) is 0 Å². The number of hydrogen-bond donors (Lipinski definition) is 1. The summed E-state index contributed by atoms with van der Waals surface area (Å²) in [6.07, 6.45) is 5.01. The van der Waals surface area contributed by atoms with Gasteiger partial charge in [-0.25, -0.2) is 9.97 Å². The number of carbonyl (C=O) groups is 1. The summed E-state index contributed by atoms with van der Waals surface area (Å²) in [4.78, 5) is 22.7. The molecule has 20 heavy (non-hydrogen) atoms. The average Bonchev–Trinajstić information content (AvgIpc) is 2.47. The molecule has 1 aliphatic heterocycles. The van der Waals surface area contributed by atoms with E-state index >= 15 is 0 Å². The largest absolute Gasteiger partial charge is 0.359 e. The Morgan fingerprint density at radius 2 is 1.90 bits per heavy atom. The second-order valence-electron chi connectivity index (χ2n) is 5.73. The summed E-state index contributed by atoms with van der Waals surface area (Å²) in [5, 5.41) is 3.19. The van der Waals surface area contributed by atoms with E-state index in [1.54, 1.807) is 6.33 Å². The van der Waals surface area contributed by atoms with E-state index in [1.165, 1.54) is 6.42 Å². The van der Waals surface area contributed by atoms with E-state index < -0.39 is 0 Å². The van der Waals surface area contributed by atoms with E-state index in [9.17, 15) is 4.79 Å². The van der Waals surface area contributed by atoms with Crippen LogP contribution in [0.2, 0.25) is 0 Å². The van der Waals surface area contributed by atoms with Gasteiger partial charge in [-0.15, -0.1) is 0 Å². The van der Waals surface area contributed by atoms with Gasteiger partial charge in [0.2, 0.25) is 5.91 Å². The Bertz CT molecular complexity index is 455. The fourth-order valence-electron chi connectivity index (χ4n) is 2.44. The summed E-state index contributed by atoms with van der Waals surface area (Å²) in [6, 6.07) is 1.67. The van der Waals surface area contributed by atoms with Crippen molar-refractivity contribution in [1.82, 2.24) is 14.9 Å². The molecule has 5 heteroatoms. The van der Waals surface area contributed by atoms with Crippen LogP contribution in [0.4, 0.5) is 5.82 Å². The number of likely N-dealkylation sites (tertiary alicyclic amines) is 1. The third kappa shape index (κ3) is 3.68. The molecule has 110 valence electrons. The van der Waals surface area contributed by atoms with Crippen LogP contribution in [0, 0.1) is 0 Å². The first-order chi connectivity index (χ1) is 9.58. The Morgan fingerprint density at radius 1 is 1.20 bits per heavy atom. The van der Waals surface area contributed by atoms with Crippen molar-refractivity contribution >= 4 is 11.7 Å². The summed E-state index contributed by atoms with van der Waals surface area (Å²) in [6.45, 7) is 7.84. The molecule has 1 aliphatic rings. The highest BCUT2D eigenvalue weighted by atomic mass is 16.2. The minimum absolute atomic E-state index is 0.161. The topological polar surface area (TPSA) is 58.1 Å². The number of hydrogen-bond acceptors (Lipinski definition) is 4. The first-order valence-corrected chi connectivity index (χ1v) is 7.45. The summed E-state index contributed by atoms with van der Waals surface area (Å²) in [7, 11) is 0. The highest BCUT2D eigenvalue weighted by Gasteiger charge is 2.22. The number of nitrogens with one attached hydrogen (secondary N) is 1. The third-order valence-corrected chi connectivity index (χ3v) is 3.68. The number of anilines is 1. The van der Waals surface area contributed by atoms with Crippen LogP contribution in [0.5, 0.6) is 0 Å². The quantitative estimate of drug-likeness (QED) is 0.917. The summed E-state index contributed by atoms with van der Waals surface area (Å²) in [5.41, 5.74) is 0.986. The molecule has 1 atom stereocenters. The van der Waals surface area contributed by atoms with E-state index in [4.69, 9.17) is 0 Å². The van der Waals surface area contributed by atoms with Gasteiger partial charge in [-0.05, 0) is 32.1 Å². The molecule has 0 radical (unpaired) electrons. The van der Waals surface area contributed by atoms with Gasteiger partial charge in [0, 0.05) is 24.8 Å². The second kappa shape index (κ2) is 6.68. The molecule has 0 aliphatic carbocycles. The number of carbonyl (C=O) groups excluding carboxylic acids is 1. The van der Waals surface area contributed by atoms with Crippen LogP contribution in [0.1, 0.15) is 51.6 Å². The lowest BCUT2D eigenvalue weighted by molar-refractivity contribution is -0.132. The van der Waals surface area contributed by atoms with E-state index in [2.05, 4.69) is 29.1 Å². The van der Waals surface area contributed by atoms with Gasteiger partial charge in [0.1, 0.15) is 18.2 Å². The van der Waals surface area contributed by atoms with Gasteiger partial charge in [0.15, 0.2) is 0 Å². The molecule has 0 bridgehead atoms. The predicted molar refractivity (Wildman–Crippen MR) is 79.6 cm³/mol. The van der Waals surface area contributed by atoms with Crippen LogP contribution < -0.4 is 5.32 Å². The fraction of sp³-hybridized carbons (Fsp3) is 0.667. The van der Waals surface area contributed by atoms with E-state index in [0.717, 1.165) is 37.4 Å². The first kappa shape index (κ1) is 14.8. The zero-order chi connectivity index (χ0) is 14.5. The van der Waals surface area contributed by atoms with Crippen LogP contribution in [-0.2, 0) is 4.79 Å². The van der Waals surface area contributed by atoms with Gasteiger partial charge >= 0.3 is 0 Å². The SMILES string of the molecule is CC(Nc1cc(C(C)C)ncn1)C(=O)N1CCCCC1. The normalized spacial score (nSPS) is 17.1. The lowest BCUT2D eigenvalue weighted by atomic mass is 10.1. The molecule has 1 aromatic heterocycles. The van der Waals surface area contributed by atoms with Crippen molar-refractivity contribution in [1.29, 1.82) is 0 Å². The maximum atomic E-state index is 12.3. The molecular formula is C15H24N4O. The Labute approximate surface area is 120 Å². The van der Waals surface area contributed by atoms with Crippen LogP contribution in [0.15, 0.2) is 12.4 Å². The Kier molecular flexibility index (Phi) is 4.93. The molecule has 0 saturated carbocycles. The molecule has 1 saturated heterocycles. The van der Waals surface area contributed by atoms with E-state index in [-0.39, 0.29) is 11.9 Å². The summed E-state index contributed by atoms with van der Waals surface area (Å²) in [5.74, 6) is 1.24. The molecule has 5 nitrogen and oxygen atoms in total. The molecule has 1 amide bonds. The Morgan fingerprint density at radius 3 is 2.55 bits per heavy atom. The minimum Gasteiger partial charge on any atom is -0.359 e. The molecular weight excluding hydrogens is 252 g/mol. The van der Waals surface area contributed by atoms with Gasteiger partial charge in [0.05, 0.1) is 0 Å². The van der Waals surface area contributed by atoms with Crippen LogP contribution in [0.3, 0.4) is 0 Å². The third-order valence-electron chi connectivity index (χ3n) is 3.68. The van der Waals surface area contributed by atoms with Crippen molar-refractivity contribution in [3.05, 3.63) is 18.1 Å². The monoisotopic (exact) mass is 276 g/mol. The van der Waals surface area contributed by atoms with Crippen molar-refractivity contribution in [2.75, 3.05) is 18.4 Å². The molecule has 0 aromatic carbocycles. The highest BCUT2D eigenvalue weighted by molar-refractivity contribution is 5.84. The summed E-state index contributed by atoms with van der Waals surface area (Å²) < 4.78 is 0. The first-order valence-electron chi connectivity index (χ1n) is 7.45. The van der Waals surface area contributed by atoms with Gasteiger partial charge in [-0.3, -0.25) is 4.79 Å². The average molecular weight is 276 g/mol. The number of nitrogens with zero attached hydrogens (tertiary/aromatic N) is 3. The molecule has 1 unspecified atom stereocenters. The molecule has 2 rings (SSSR count). The second-order valence-corrected chi connectivity index (χ2v) is 5.73. The summed E-state index contributed by atoms with van der Waals surface area (Å²) >= 11 is 0. The molecule has 0 spiro atoms. The van der Waals surface area contributed by atoms with Crippen LogP contribution in [0.25, 0.3) is 0 Å². The van der Waals surface area contributed by atoms with Gasteiger partial charge in [-0.1, -0.05) is 13.8 Å². The van der Waals surface area contributed by atoms with E-state index in [1.807, 2.05) is 17.9 Å². The Hall–Kier alpha value is -1.65. The van der Waals surface area contributed by atoms with Crippen molar-refractivity contribution in [2.24, 2.45) is 0 Å². The number of aromatic nitrogens is 2. The standard InChI is InChI=1S/C15H24N4O/c1-11(2)13-9-14(17-10-16-13)18-12(3)15(20)19-7-5-4-6-8-19/h9-12H,4-8H2,1-3H3,(H,16,17,18). The van der Waals surface area contributed by atoms with Crippen molar-refractivity contribution in [3.63, 3.8) is 0 Å². The number of rotatable bonds is 4. The van der Waals surface area contributed by atoms with Crippen LogP contribution >= 0.6 is 0 Å². The maximum Gasteiger partial charge on any atom is 0.244 e. The predicted octanol–water partition coefficient (Wildman–Crippen LogP) is 2.41. The minimum atomic E-state index is -0.247. The molecule has 1 aromatic rings. The molecule has 1 fully saturated rings. The highest BCUT2D eigenvalue weighted by Crippen LogP contribution is 2.15. The Balaban J connectivity index is 1.97. The van der Waals surface area contributed by atoms with Crippen molar-refractivity contribution in [2.45, 2.75) is 52.0 Å². The fourth-order valence-corrected chi connectivity index (χ4v) is 2.44. The van der Waals surface area contributed by atoms with Gasteiger partial charge < -0.3 is 10.2 Å². The smallest absolute Gasteiger partial charge is 0.244 e. The van der Waals surface area contributed by atoms with Crippen molar-refractivity contribution in [3.8, 4) is 0 Å². The number of amides is 1. The zero-order valence-corrected chi connectivity index (χ0v) is 12.6. The lowest BCUT2D eigenvalue weighted by Crippen LogP contribution is -2.44. The van der Waals surface area contributed by atoms with E-state index in [0.29, 0.717) is 5.92 Å². The van der Waals surface area contributed by atoms with Crippen LogP contribution in [-0.4, -0.2) is 39.9 Å². The molecule has 2 heterocycles. The molecule has 1 N–H and O–H groups in total. The maximum absolute atomic E-state index is 12.3. The zero-order valence-electron chi connectivity index (χ0n) is 12.6. The number of piperidine rings is 1. The van der Waals surface area contributed by atoms with Crippen molar-refractivity contribution < 1.29 is 4.79 Å². The lowest BCUT2D eigenvalue weighted by Gasteiger charge is -2.29. The van der Waals surface area contributed by atoms with Gasteiger partial charge in [-0.2, -0.15) is 0 Å².